The zero-order valence-electron chi connectivity index (χ0n) is 7.23. The van der Waals surface area contributed by atoms with Gasteiger partial charge in [-0.3, -0.25) is 0 Å². The minimum atomic E-state index is 0.564. The molecule has 0 aliphatic rings. The van der Waals surface area contributed by atoms with Crippen LogP contribution in [0.25, 0.3) is 0 Å². The van der Waals surface area contributed by atoms with Gasteiger partial charge in [0.15, 0.2) is 0 Å². The molecule has 0 spiro atoms. The summed E-state index contributed by atoms with van der Waals surface area (Å²) in [6.07, 6.45) is 0. The molecule has 0 unspecified atom stereocenters. The van der Waals surface area contributed by atoms with E-state index < -0.39 is 0 Å². The molecule has 0 amide bonds. The number of hydrogen-bond donors (Lipinski definition) is 1. The third kappa shape index (κ3) is 1.79. The van der Waals surface area contributed by atoms with Crippen molar-refractivity contribution >= 4 is 15.9 Å². The SMILES string of the molecule is COc1cc(C)c(CN)cc1Br. The first-order chi connectivity index (χ1) is 5.69. The highest BCUT2D eigenvalue weighted by atomic mass is 79.9. The fraction of sp³-hybridized carbons (Fsp3) is 0.333. The molecule has 1 aromatic carbocycles. The number of benzene rings is 1. The molecule has 0 saturated carbocycles. The Morgan fingerprint density at radius 1 is 1.50 bits per heavy atom. The molecule has 0 fully saturated rings. The van der Waals surface area contributed by atoms with Gasteiger partial charge in [-0.2, -0.15) is 0 Å². The molecule has 3 heteroatoms. The van der Waals surface area contributed by atoms with Crippen molar-refractivity contribution in [2.45, 2.75) is 13.5 Å². The van der Waals surface area contributed by atoms with Crippen molar-refractivity contribution in [3.8, 4) is 5.75 Å². The topological polar surface area (TPSA) is 35.2 Å². The number of rotatable bonds is 2. The van der Waals surface area contributed by atoms with E-state index in [0.717, 1.165) is 21.3 Å². The summed E-state index contributed by atoms with van der Waals surface area (Å²) in [6.45, 7) is 2.59. The molecule has 0 radical (unpaired) electrons. The summed E-state index contributed by atoms with van der Waals surface area (Å²) in [7, 11) is 1.65. The molecule has 0 saturated heterocycles. The van der Waals surface area contributed by atoms with Crippen LogP contribution in [-0.2, 0) is 6.54 Å². The van der Waals surface area contributed by atoms with E-state index in [1.54, 1.807) is 7.11 Å². The van der Waals surface area contributed by atoms with E-state index in [0.29, 0.717) is 6.54 Å². The number of ether oxygens (including phenoxy) is 1. The minimum absolute atomic E-state index is 0.564. The number of nitrogens with two attached hydrogens (primary N) is 1. The molecule has 12 heavy (non-hydrogen) atoms. The van der Waals surface area contributed by atoms with Gasteiger partial charge in [0, 0.05) is 6.54 Å². The van der Waals surface area contributed by atoms with Crippen LogP contribution >= 0.6 is 15.9 Å². The molecule has 2 N–H and O–H groups in total. The molecule has 1 rings (SSSR count). The highest BCUT2D eigenvalue weighted by molar-refractivity contribution is 9.10. The van der Waals surface area contributed by atoms with E-state index in [2.05, 4.69) is 15.9 Å². The van der Waals surface area contributed by atoms with Crippen LogP contribution in [-0.4, -0.2) is 7.11 Å². The Hall–Kier alpha value is -0.540. The van der Waals surface area contributed by atoms with E-state index in [1.165, 1.54) is 0 Å². The van der Waals surface area contributed by atoms with Crippen LogP contribution in [0.2, 0.25) is 0 Å². The molecule has 0 heterocycles. The largest absolute Gasteiger partial charge is 0.496 e. The van der Waals surface area contributed by atoms with Gasteiger partial charge in [-0.15, -0.1) is 0 Å². The molecule has 0 bridgehead atoms. The zero-order valence-corrected chi connectivity index (χ0v) is 8.81. The summed E-state index contributed by atoms with van der Waals surface area (Å²) in [5.41, 5.74) is 7.86. The molecule has 2 nitrogen and oxygen atoms in total. The maximum absolute atomic E-state index is 5.55. The number of methoxy groups -OCH3 is 1. The van der Waals surface area contributed by atoms with E-state index in [1.807, 2.05) is 19.1 Å². The van der Waals surface area contributed by atoms with Gasteiger partial charge in [-0.1, -0.05) is 0 Å². The number of halogens is 1. The smallest absolute Gasteiger partial charge is 0.133 e. The lowest BCUT2D eigenvalue weighted by Gasteiger charge is -2.08. The quantitative estimate of drug-likeness (QED) is 0.845. The van der Waals surface area contributed by atoms with Gasteiger partial charge in [-0.25, -0.2) is 0 Å². The first-order valence-corrected chi connectivity index (χ1v) is 4.51. The Morgan fingerprint density at radius 2 is 2.17 bits per heavy atom. The maximum Gasteiger partial charge on any atom is 0.133 e. The van der Waals surface area contributed by atoms with E-state index in [9.17, 15) is 0 Å². The van der Waals surface area contributed by atoms with Crippen LogP contribution in [0, 0.1) is 6.92 Å². The lowest BCUT2D eigenvalue weighted by Crippen LogP contribution is -1.99. The Kier molecular flexibility index (Phi) is 3.12. The normalized spacial score (nSPS) is 10.0. The lowest BCUT2D eigenvalue weighted by atomic mass is 10.1. The van der Waals surface area contributed by atoms with Crippen molar-refractivity contribution < 1.29 is 4.74 Å². The van der Waals surface area contributed by atoms with Gasteiger partial charge in [-0.05, 0) is 46.1 Å². The summed E-state index contributed by atoms with van der Waals surface area (Å²) in [5.74, 6) is 0.852. The van der Waals surface area contributed by atoms with Gasteiger partial charge >= 0.3 is 0 Å². The number of hydrogen-bond acceptors (Lipinski definition) is 2. The molecule has 0 aliphatic carbocycles. The fourth-order valence-corrected chi connectivity index (χ4v) is 1.63. The molecule has 66 valence electrons. The summed E-state index contributed by atoms with van der Waals surface area (Å²) in [5, 5.41) is 0. The molecule has 0 aromatic heterocycles. The predicted molar refractivity (Wildman–Crippen MR) is 53.3 cm³/mol. The summed E-state index contributed by atoms with van der Waals surface area (Å²) >= 11 is 3.40. The average molecular weight is 230 g/mol. The lowest BCUT2D eigenvalue weighted by molar-refractivity contribution is 0.411. The van der Waals surface area contributed by atoms with Crippen LogP contribution < -0.4 is 10.5 Å². The summed E-state index contributed by atoms with van der Waals surface area (Å²) < 4.78 is 6.09. The van der Waals surface area contributed by atoms with Crippen LogP contribution in [0.15, 0.2) is 16.6 Å². The second kappa shape index (κ2) is 3.92. The Balaban J connectivity index is 3.16. The zero-order chi connectivity index (χ0) is 9.14. The minimum Gasteiger partial charge on any atom is -0.496 e. The predicted octanol–water partition coefficient (Wildman–Crippen LogP) is 2.22. The second-order valence-electron chi connectivity index (χ2n) is 2.62. The first-order valence-electron chi connectivity index (χ1n) is 3.72. The highest BCUT2D eigenvalue weighted by Crippen LogP contribution is 2.27. The van der Waals surface area contributed by atoms with Crippen molar-refractivity contribution in [3.05, 3.63) is 27.7 Å². The molecule has 0 aliphatic heterocycles. The first kappa shape index (κ1) is 9.55. The molecular formula is C9H12BrNO. The van der Waals surface area contributed by atoms with E-state index >= 15 is 0 Å². The van der Waals surface area contributed by atoms with Gasteiger partial charge in [0.1, 0.15) is 5.75 Å². The van der Waals surface area contributed by atoms with Crippen LogP contribution in [0.3, 0.4) is 0 Å². The van der Waals surface area contributed by atoms with Crippen LogP contribution in [0.4, 0.5) is 0 Å². The highest BCUT2D eigenvalue weighted by Gasteiger charge is 2.03. The molecule has 1 aromatic rings. The van der Waals surface area contributed by atoms with Gasteiger partial charge in [0.25, 0.3) is 0 Å². The van der Waals surface area contributed by atoms with Crippen LogP contribution in [0.1, 0.15) is 11.1 Å². The van der Waals surface area contributed by atoms with Crippen molar-refractivity contribution in [1.29, 1.82) is 0 Å². The standard InChI is InChI=1S/C9H12BrNO/c1-6-3-9(12-2)8(10)4-7(6)5-11/h3-4H,5,11H2,1-2H3. The molecule has 0 atom stereocenters. The van der Waals surface area contributed by atoms with E-state index in [4.69, 9.17) is 10.5 Å². The third-order valence-electron chi connectivity index (χ3n) is 1.83. The monoisotopic (exact) mass is 229 g/mol. The Morgan fingerprint density at radius 3 is 2.67 bits per heavy atom. The summed E-state index contributed by atoms with van der Waals surface area (Å²) in [6, 6.07) is 3.97. The van der Waals surface area contributed by atoms with Gasteiger partial charge < -0.3 is 10.5 Å². The fourth-order valence-electron chi connectivity index (χ4n) is 1.07. The van der Waals surface area contributed by atoms with Crippen molar-refractivity contribution in [2.24, 2.45) is 5.73 Å². The Labute approximate surface area is 80.8 Å². The molecular weight excluding hydrogens is 218 g/mol. The third-order valence-corrected chi connectivity index (χ3v) is 2.45. The Bertz CT molecular complexity index is 256. The van der Waals surface area contributed by atoms with E-state index in [-0.39, 0.29) is 0 Å². The number of aryl methyl sites for hydroxylation is 1. The van der Waals surface area contributed by atoms with Crippen molar-refractivity contribution in [3.63, 3.8) is 0 Å². The maximum atomic E-state index is 5.55. The van der Waals surface area contributed by atoms with Crippen LogP contribution in [0.5, 0.6) is 5.75 Å². The second-order valence-corrected chi connectivity index (χ2v) is 3.47. The van der Waals surface area contributed by atoms with Gasteiger partial charge in [0.2, 0.25) is 0 Å². The van der Waals surface area contributed by atoms with Gasteiger partial charge in [0.05, 0.1) is 11.6 Å². The van der Waals surface area contributed by atoms with Crippen molar-refractivity contribution in [2.75, 3.05) is 7.11 Å². The van der Waals surface area contributed by atoms with Crippen molar-refractivity contribution in [1.82, 2.24) is 0 Å². The average Bonchev–Trinajstić information content (AvgIpc) is 2.08. The summed E-state index contributed by atoms with van der Waals surface area (Å²) in [4.78, 5) is 0.